The van der Waals surface area contributed by atoms with Gasteiger partial charge in [-0.2, -0.15) is 0 Å². The van der Waals surface area contributed by atoms with Crippen molar-refractivity contribution < 1.29 is 4.79 Å². The van der Waals surface area contributed by atoms with Crippen molar-refractivity contribution in [2.45, 2.75) is 58.5 Å². The van der Waals surface area contributed by atoms with Gasteiger partial charge in [-0.3, -0.25) is 14.7 Å². The number of carbonyl (C=O) groups excluding carboxylic acids is 1. The maximum Gasteiger partial charge on any atom is 0.221 e. The minimum atomic E-state index is -0.168. The van der Waals surface area contributed by atoms with Crippen LogP contribution in [0, 0.1) is 11.3 Å². The number of amides is 1. The summed E-state index contributed by atoms with van der Waals surface area (Å²) in [4.78, 5) is 18.2. The summed E-state index contributed by atoms with van der Waals surface area (Å²) in [6.07, 6.45) is 7.18. The Balaban J connectivity index is 1.49. The summed E-state index contributed by atoms with van der Waals surface area (Å²) in [7, 11) is 1.83. The van der Waals surface area contributed by atoms with E-state index < -0.39 is 0 Å². The maximum absolute atomic E-state index is 11.5. The number of guanidine groups is 1. The average Bonchev–Trinajstić information content (AvgIpc) is 2.70. The van der Waals surface area contributed by atoms with Gasteiger partial charge in [0.05, 0.1) is 5.92 Å². The van der Waals surface area contributed by atoms with Crippen LogP contribution in [0.3, 0.4) is 0 Å². The Kier molecular flexibility index (Phi) is 7.53. The summed E-state index contributed by atoms with van der Waals surface area (Å²) in [5, 5.41) is 6.96. The van der Waals surface area contributed by atoms with Crippen LogP contribution in [-0.2, 0) is 17.9 Å². The Morgan fingerprint density at radius 1 is 1.28 bits per heavy atom. The van der Waals surface area contributed by atoms with Gasteiger partial charge in [0.2, 0.25) is 5.91 Å². The first kappa shape index (κ1) is 21.6. The number of primary amides is 1. The molecule has 1 aromatic carbocycles. The lowest BCUT2D eigenvalue weighted by Gasteiger charge is -2.41. The van der Waals surface area contributed by atoms with E-state index >= 15 is 0 Å². The average molecular weight is 400 g/mol. The molecular weight excluding hydrogens is 362 g/mol. The van der Waals surface area contributed by atoms with Crippen molar-refractivity contribution in [2.24, 2.45) is 22.1 Å². The summed E-state index contributed by atoms with van der Waals surface area (Å²) in [6.45, 7) is 6.70. The molecule has 1 saturated carbocycles. The number of nitrogens with two attached hydrogens (primary N) is 1. The minimum Gasteiger partial charge on any atom is -0.369 e. The smallest absolute Gasteiger partial charge is 0.221 e. The molecule has 4 N–H and O–H groups in total. The molecule has 1 saturated heterocycles. The minimum absolute atomic E-state index is 0.00919. The summed E-state index contributed by atoms with van der Waals surface area (Å²) in [5.74, 6) is 0.693. The molecule has 6 heteroatoms. The highest BCUT2D eigenvalue weighted by atomic mass is 16.1. The summed E-state index contributed by atoms with van der Waals surface area (Å²) >= 11 is 0. The fourth-order valence-electron chi connectivity index (χ4n) is 4.54. The van der Waals surface area contributed by atoms with Gasteiger partial charge in [0.15, 0.2) is 5.96 Å². The number of rotatable bonds is 8. The van der Waals surface area contributed by atoms with Gasteiger partial charge < -0.3 is 16.4 Å². The van der Waals surface area contributed by atoms with E-state index in [9.17, 15) is 4.79 Å². The highest BCUT2D eigenvalue weighted by Crippen LogP contribution is 2.42. The van der Waals surface area contributed by atoms with Crippen LogP contribution in [0.25, 0.3) is 0 Å². The zero-order valence-corrected chi connectivity index (χ0v) is 18.0. The lowest BCUT2D eigenvalue weighted by atomic mass is 9.67. The van der Waals surface area contributed by atoms with Gasteiger partial charge in [-0.25, -0.2) is 0 Å². The topological polar surface area (TPSA) is 82.8 Å². The Bertz CT molecular complexity index is 707. The molecule has 0 radical (unpaired) electrons. The first-order valence-electron chi connectivity index (χ1n) is 11.1. The summed E-state index contributed by atoms with van der Waals surface area (Å²) in [6, 6.07) is 8.66. The quantitative estimate of drug-likeness (QED) is 0.464. The van der Waals surface area contributed by atoms with Crippen LogP contribution in [0.15, 0.2) is 29.3 Å². The molecule has 1 aliphatic heterocycles. The lowest BCUT2D eigenvalue weighted by Crippen LogP contribution is -2.46. The molecular formula is C23H37N5O. The molecule has 3 rings (SSSR count). The molecule has 160 valence electrons. The van der Waals surface area contributed by atoms with Crippen LogP contribution in [-0.4, -0.2) is 43.4 Å². The van der Waals surface area contributed by atoms with E-state index in [-0.39, 0.29) is 11.8 Å². The fourth-order valence-corrected chi connectivity index (χ4v) is 4.54. The third-order valence-corrected chi connectivity index (χ3v) is 6.78. The highest BCUT2D eigenvalue weighted by Gasteiger charge is 2.34. The first-order chi connectivity index (χ1) is 14.0. The van der Waals surface area contributed by atoms with Crippen molar-refractivity contribution in [3.05, 3.63) is 35.4 Å². The summed E-state index contributed by atoms with van der Waals surface area (Å²) in [5.41, 5.74) is 8.49. The van der Waals surface area contributed by atoms with Gasteiger partial charge >= 0.3 is 0 Å². The van der Waals surface area contributed by atoms with Crippen LogP contribution < -0.4 is 16.4 Å². The Morgan fingerprint density at radius 3 is 2.72 bits per heavy atom. The third kappa shape index (κ3) is 5.95. The normalized spacial score (nSPS) is 22.0. The molecule has 1 amide bonds. The van der Waals surface area contributed by atoms with Gasteiger partial charge in [-0.1, -0.05) is 37.6 Å². The number of carbonyl (C=O) groups is 1. The van der Waals surface area contributed by atoms with Crippen molar-refractivity contribution in [2.75, 3.05) is 26.7 Å². The van der Waals surface area contributed by atoms with E-state index in [1.165, 1.54) is 36.8 Å². The van der Waals surface area contributed by atoms with Gasteiger partial charge in [-0.15, -0.1) is 0 Å². The predicted octanol–water partition coefficient (Wildman–Crippen LogP) is 2.63. The van der Waals surface area contributed by atoms with Crippen LogP contribution in [0.1, 0.15) is 56.6 Å². The summed E-state index contributed by atoms with van der Waals surface area (Å²) < 4.78 is 0. The number of nitrogens with zero attached hydrogens (tertiary/aromatic N) is 2. The maximum atomic E-state index is 11.5. The number of hydrogen-bond donors (Lipinski definition) is 3. The number of aliphatic imine (C=N–C) groups is 1. The van der Waals surface area contributed by atoms with Gasteiger partial charge in [0, 0.05) is 33.2 Å². The van der Waals surface area contributed by atoms with Crippen molar-refractivity contribution >= 4 is 11.9 Å². The van der Waals surface area contributed by atoms with E-state index in [4.69, 9.17) is 5.73 Å². The molecule has 2 aliphatic rings. The number of piperidine rings is 1. The van der Waals surface area contributed by atoms with Crippen LogP contribution in [0.2, 0.25) is 0 Å². The van der Waals surface area contributed by atoms with Crippen molar-refractivity contribution in [1.82, 2.24) is 15.5 Å². The Labute approximate surface area is 175 Å². The van der Waals surface area contributed by atoms with Crippen LogP contribution in [0.4, 0.5) is 0 Å². The van der Waals surface area contributed by atoms with Crippen LogP contribution in [0.5, 0.6) is 0 Å². The number of likely N-dealkylation sites (tertiary alicyclic amines) is 1. The van der Waals surface area contributed by atoms with Crippen molar-refractivity contribution in [3.8, 4) is 0 Å². The van der Waals surface area contributed by atoms with Gasteiger partial charge in [-0.05, 0) is 55.2 Å². The van der Waals surface area contributed by atoms with E-state index in [0.717, 1.165) is 51.5 Å². The first-order valence-corrected chi connectivity index (χ1v) is 11.1. The number of nitrogens with one attached hydrogen (secondary N) is 2. The van der Waals surface area contributed by atoms with E-state index in [0.29, 0.717) is 5.41 Å². The van der Waals surface area contributed by atoms with E-state index in [1.807, 2.05) is 7.05 Å². The van der Waals surface area contributed by atoms with Gasteiger partial charge in [0.25, 0.3) is 0 Å². The monoisotopic (exact) mass is 399 g/mol. The largest absolute Gasteiger partial charge is 0.369 e. The van der Waals surface area contributed by atoms with Crippen molar-refractivity contribution in [1.29, 1.82) is 0 Å². The Morgan fingerprint density at radius 2 is 2.07 bits per heavy atom. The second-order valence-corrected chi connectivity index (χ2v) is 8.78. The molecule has 1 aliphatic carbocycles. The third-order valence-electron chi connectivity index (χ3n) is 6.78. The molecule has 0 spiro atoms. The predicted molar refractivity (Wildman–Crippen MR) is 118 cm³/mol. The Hall–Kier alpha value is -2.08. The molecule has 6 nitrogen and oxygen atoms in total. The zero-order valence-electron chi connectivity index (χ0n) is 18.0. The SMILES string of the molecule is CCC1(CNC(=NC)NCc2cccc(CN3CCCC(C(N)=O)C3)c2)CCC1. The molecule has 29 heavy (non-hydrogen) atoms. The molecule has 0 bridgehead atoms. The number of hydrogen-bond acceptors (Lipinski definition) is 3. The zero-order chi connectivity index (χ0) is 20.7. The molecule has 2 fully saturated rings. The fraction of sp³-hybridized carbons (Fsp3) is 0.652. The highest BCUT2D eigenvalue weighted by molar-refractivity contribution is 5.79. The standard InChI is InChI=1S/C23H37N5O/c1-3-23(10-6-11-23)17-27-22(25-2)26-14-18-7-4-8-19(13-18)15-28-12-5-9-20(16-28)21(24)29/h4,7-8,13,20H,3,5-6,9-12,14-17H2,1-2H3,(H2,24,29)(H2,25,26,27). The van der Waals surface area contributed by atoms with Crippen LogP contribution >= 0.6 is 0 Å². The van der Waals surface area contributed by atoms with Crippen molar-refractivity contribution in [3.63, 3.8) is 0 Å². The molecule has 1 aromatic rings. The second kappa shape index (κ2) is 10.1. The lowest BCUT2D eigenvalue weighted by molar-refractivity contribution is -0.123. The second-order valence-electron chi connectivity index (χ2n) is 8.78. The molecule has 0 aromatic heterocycles. The number of benzene rings is 1. The van der Waals surface area contributed by atoms with E-state index in [1.54, 1.807) is 0 Å². The molecule has 1 atom stereocenters. The molecule has 1 heterocycles. The van der Waals surface area contributed by atoms with Gasteiger partial charge in [0.1, 0.15) is 0 Å². The van der Waals surface area contributed by atoms with E-state index in [2.05, 4.69) is 51.7 Å². The molecule has 1 unspecified atom stereocenters.